The van der Waals surface area contributed by atoms with Crippen LogP contribution in [0.25, 0.3) is 0 Å². The molecule has 1 atom stereocenters. The molecule has 0 bridgehead atoms. The van der Waals surface area contributed by atoms with E-state index in [0.29, 0.717) is 16.8 Å². The molecule has 2 heterocycles. The molecule has 6 heteroatoms. The van der Waals surface area contributed by atoms with E-state index in [4.69, 9.17) is 9.47 Å². The van der Waals surface area contributed by atoms with Gasteiger partial charge in [-0.25, -0.2) is 9.59 Å². The highest BCUT2D eigenvalue weighted by molar-refractivity contribution is 7.98. The maximum Gasteiger partial charge on any atom is 0.337 e. The van der Waals surface area contributed by atoms with Crippen molar-refractivity contribution in [2.45, 2.75) is 30.4 Å². The zero-order valence-corrected chi connectivity index (χ0v) is 17.8. The van der Waals surface area contributed by atoms with Crippen LogP contribution >= 0.6 is 11.8 Å². The highest BCUT2D eigenvalue weighted by Gasteiger charge is 2.42. The van der Waals surface area contributed by atoms with Crippen LogP contribution in [0, 0.1) is 0 Å². The highest BCUT2D eigenvalue weighted by atomic mass is 32.2. The number of benzene rings is 2. The number of carbonyl (C=O) groups is 2. The third-order valence-corrected chi connectivity index (χ3v) is 6.34. The fourth-order valence-corrected chi connectivity index (χ4v) is 4.88. The van der Waals surface area contributed by atoms with Gasteiger partial charge in [0.05, 0.1) is 29.4 Å². The fraction of sp³-hybridized carbons (Fsp3) is 0.250. The van der Waals surface area contributed by atoms with Crippen LogP contribution in [-0.2, 0) is 24.8 Å². The minimum absolute atomic E-state index is 0.192. The number of esters is 2. The summed E-state index contributed by atoms with van der Waals surface area (Å²) in [5, 5.41) is 3.18. The maximum absolute atomic E-state index is 12.9. The maximum atomic E-state index is 12.9. The number of carbonyl (C=O) groups excluding carboxylic acids is 2. The van der Waals surface area contributed by atoms with Crippen LogP contribution in [0.5, 0.6) is 0 Å². The van der Waals surface area contributed by atoms with Crippen molar-refractivity contribution in [1.82, 2.24) is 5.32 Å². The smallest absolute Gasteiger partial charge is 0.337 e. The summed E-state index contributed by atoms with van der Waals surface area (Å²) >= 11 is 1.69. The summed E-state index contributed by atoms with van der Waals surface area (Å²) in [6.45, 7) is 4.07. The van der Waals surface area contributed by atoms with Crippen molar-refractivity contribution in [3.05, 3.63) is 88.3 Å². The lowest BCUT2D eigenvalue weighted by molar-refractivity contribution is -0.138. The van der Waals surface area contributed by atoms with Crippen LogP contribution in [0.1, 0.15) is 30.9 Å². The first kappa shape index (κ1) is 20.3. The third kappa shape index (κ3) is 3.87. The van der Waals surface area contributed by atoms with E-state index in [2.05, 4.69) is 17.4 Å². The Morgan fingerprint density at radius 3 is 2.67 bits per heavy atom. The van der Waals surface area contributed by atoms with Gasteiger partial charge in [0.1, 0.15) is 6.61 Å². The van der Waals surface area contributed by atoms with Gasteiger partial charge in [0.15, 0.2) is 0 Å². The zero-order valence-electron chi connectivity index (χ0n) is 16.9. The monoisotopic (exact) mass is 421 g/mol. The standard InChI is InChI=1S/C24H23NO4S/c1-3-28-23(26)20-15(2)25-18-13-29-24(27)22(18)21(20)17-11-7-8-12-19(17)30-14-16-9-5-4-6-10-16/h4-12,21,25H,3,13-14H2,1-2H3. The minimum atomic E-state index is -0.519. The van der Waals surface area contributed by atoms with Crippen molar-refractivity contribution in [1.29, 1.82) is 0 Å². The molecule has 1 N–H and O–H groups in total. The van der Waals surface area contributed by atoms with E-state index in [1.54, 1.807) is 18.7 Å². The average molecular weight is 422 g/mol. The third-order valence-electron chi connectivity index (χ3n) is 5.17. The molecule has 154 valence electrons. The summed E-state index contributed by atoms with van der Waals surface area (Å²) < 4.78 is 10.6. The highest BCUT2D eigenvalue weighted by Crippen LogP contribution is 2.44. The quantitative estimate of drug-likeness (QED) is 0.554. The molecular weight excluding hydrogens is 398 g/mol. The number of allylic oxidation sites excluding steroid dienone is 1. The molecule has 0 aliphatic carbocycles. The Morgan fingerprint density at radius 1 is 1.17 bits per heavy atom. The number of cyclic esters (lactones) is 1. The molecular formula is C24H23NO4S. The van der Waals surface area contributed by atoms with Gasteiger partial charge in [-0.05, 0) is 31.0 Å². The van der Waals surface area contributed by atoms with E-state index in [1.807, 2.05) is 49.4 Å². The molecule has 0 amide bonds. The van der Waals surface area contributed by atoms with Crippen LogP contribution in [0.15, 0.2) is 82.0 Å². The number of ether oxygens (including phenoxy) is 2. The molecule has 2 aliphatic heterocycles. The average Bonchev–Trinajstić information content (AvgIpc) is 3.12. The van der Waals surface area contributed by atoms with Crippen molar-refractivity contribution in [2.24, 2.45) is 0 Å². The Labute approximate surface area is 180 Å². The van der Waals surface area contributed by atoms with Gasteiger partial charge in [-0.15, -0.1) is 11.8 Å². The van der Waals surface area contributed by atoms with Crippen molar-refractivity contribution in [2.75, 3.05) is 13.2 Å². The van der Waals surface area contributed by atoms with Crippen LogP contribution < -0.4 is 5.32 Å². The molecule has 5 nitrogen and oxygen atoms in total. The topological polar surface area (TPSA) is 64.6 Å². The largest absolute Gasteiger partial charge is 0.463 e. The SMILES string of the molecule is CCOC(=O)C1=C(C)NC2=C(C(=O)OC2)C1c1ccccc1SCc1ccccc1. The normalized spacial score (nSPS) is 18.1. The Kier molecular flexibility index (Phi) is 5.95. The van der Waals surface area contributed by atoms with Gasteiger partial charge in [0.2, 0.25) is 0 Å². The molecule has 2 aromatic rings. The first-order valence-electron chi connectivity index (χ1n) is 9.90. The summed E-state index contributed by atoms with van der Waals surface area (Å²) in [5.41, 5.74) is 4.49. The molecule has 0 saturated carbocycles. The fourth-order valence-electron chi connectivity index (χ4n) is 3.84. The van der Waals surface area contributed by atoms with E-state index >= 15 is 0 Å². The summed E-state index contributed by atoms with van der Waals surface area (Å²) in [6.07, 6.45) is 0. The van der Waals surface area contributed by atoms with E-state index < -0.39 is 11.9 Å². The van der Waals surface area contributed by atoms with Gasteiger partial charge in [-0.1, -0.05) is 48.5 Å². The number of thioether (sulfide) groups is 1. The second-order valence-electron chi connectivity index (χ2n) is 7.10. The van der Waals surface area contributed by atoms with E-state index in [0.717, 1.165) is 21.9 Å². The van der Waals surface area contributed by atoms with Crippen molar-refractivity contribution >= 4 is 23.7 Å². The molecule has 0 spiro atoms. The lowest BCUT2D eigenvalue weighted by atomic mass is 9.81. The Hall–Kier alpha value is -2.99. The van der Waals surface area contributed by atoms with Crippen molar-refractivity contribution < 1.29 is 19.1 Å². The van der Waals surface area contributed by atoms with E-state index in [9.17, 15) is 9.59 Å². The number of hydrogen-bond donors (Lipinski definition) is 1. The Bertz CT molecular complexity index is 1040. The first-order valence-corrected chi connectivity index (χ1v) is 10.9. The number of nitrogens with one attached hydrogen (secondary N) is 1. The van der Waals surface area contributed by atoms with Crippen molar-refractivity contribution in [3.63, 3.8) is 0 Å². The zero-order chi connectivity index (χ0) is 21.1. The number of hydrogen-bond acceptors (Lipinski definition) is 6. The van der Waals surface area contributed by atoms with Crippen molar-refractivity contribution in [3.8, 4) is 0 Å². The predicted octanol–water partition coefficient (Wildman–Crippen LogP) is 4.31. The molecule has 0 radical (unpaired) electrons. The molecule has 30 heavy (non-hydrogen) atoms. The van der Waals surface area contributed by atoms with Crippen LogP contribution in [-0.4, -0.2) is 25.2 Å². The second-order valence-corrected chi connectivity index (χ2v) is 8.11. The van der Waals surface area contributed by atoms with Gasteiger partial charge in [-0.2, -0.15) is 0 Å². The van der Waals surface area contributed by atoms with Gasteiger partial charge in [0, 0.05) is 16.3 Å². The Morgan fingerprint density at radius 2 is 1.90 bits per heavy atom. The molecule has 0 saturated heterocycles. The second kappa shape index (κ2) is 8.79. The molecule has 2 aromatic carbocycles. The van der Waals surface area contributed by atoms with Crippen LogP contribution in [0.4, 0.5) is 0 Å². The van der Waals surface area contributed by atoms with Crippen LogP contribution in [0.3, 0.4) is 0 Å². The molecule has 0 aromatic heterocycles. The summed E-state index contributed by atoms with van der Waals surface area (Å²) in [6, 6.07) is 18.1. The van der Waals surface area contributed by atoms with E-state index in [1.165, 1.54) is 5.56 Å². The van der Waals surface area contributed by atoms with Gasteiger partial charge in [0.25, 0.3) is 0 Å². The minimum Gasteiger partial charge on any atom is -0.463 e. The molecule has 0 fully saturated rings. The molecule has 1 unspecified atom stereocenters. The Balaban J connectivity index is 1.76. The number of dihydropyridines is 1. The van der Waals surface area contributed by atoms with E-state index in [-0.39, 0.29) is 19.2 Å². The van der Waals surface area contributed by atoms with Gasteiger partial charge in [-0.3, -0.25) is 0 Å². The number of rotatable bonds is 6. The van der Waals surface area contributed by atoms with Gasteiger partial charge >= 0.3 is 11.9 Å². The lowest BCUT2D eigenvalue weighted by Gasteiger charge is -2.28. The predicted molar refractivity (Wildman–Crippen MR) is 116 cm³/mol. The summed E-state index contributed by atoms with van der Waals surface area (Å²) in [4.78, 5) is 26.5. The summed E-state index contributed by atoms with van der Waals surface area (Å²) in [5.74, 6) is -0.535. The molecule has 4 rings (SSSR count). The first-order chi connectivity index (χ1) is 14.6. The summed E-state index contributed by atoms with van der Waals surface area (Å²) in [7, 11) is 0. The lowest BCUT2D eigenvalue weighted by Crippen LogP contribution is -2.30. The van der Waals surface area contributed by atoms with Gasteiger partial charge < -0.3 is 14.8 Å². The molecule has 2 aliphatic rings. The van der Waals surface area contributed by atoms with Crippen LogP contribution in [0.2, 0.25) is 0 Å².